The molecule has 14 aromatic rings. The number of para-hydroxylation sites is 2. The number of carbonyl (C=O) groups is 3. The standard InChI is InChI=1S/C22H13Cl3N6OS.C13H9ClN4S.C9H7Cl3N2O2.2C9H5Cl3N2O.C7H6Cl2N2O.C2H3N/c23-14-5-6-15(17(25)11-14)21-29-27-19(32-21)12-33-22-30-28-20(13-7-9-26-10-8-13)31(22)18-4-2-1-3-16(18)24;14-10-3-1-2-4-11(10)18-12(16-17-13(18)19)9-5-7-15-8-6-9;10-4-8(15)13-14-9(16)6-2-1-5(11)3-7(6)12;2*10-4-8-13-14-9(15-8)6-2-1-5(11)3-7(6)12;8-4-1-2-5(6(9)3-4)7(12)11-10;1-2-3/h1-11H,12H2;1-8H,(H,17,19);1-3H,4H2,(H,13,15)(H,14,16);2*1-3H,4H2;1-3H,10H2,(H,11,12);1H3. The van der Waals surface area contributed by atoms with Crippen molar-refractivity contribution in [3.63, 3.8) is 0 Å². The van der Waals surface area contributed by atoms with E-state index < -0.39 is 17.7 Å². The summed E-state index contributed by atoms with van der Waals surface area (Å²) in [6.07, 6.45) is 6.83. The maximum Gasteiger partial charge on any atom is 0.271 e. The molecule has 0 bridgehead atoms. The highest BCUT2D eigenvalue weighted by molar-refractivity contribution is 7.98. The predicted molar refractivity (Wildman–Crippen MR) is 447 cm³/mol. The van der Waals surface area contributed by atoms with Crippen LogP contribution in [0.4, 0.5) is 0 Å². The number of aromatic amines is 1. The first-order valence-corrected chi connectivity index (χ1v) is 38.8. The number of nitrogens with two attached hydrogens (primary N) is 1. The van der Waals surface area contributed by atoms with Crippen molar-refractivity contribution < 1.29 is 27.6 Å². The van der Waals surface area contributed by atoms with Gasteiger partial charge in [-0.2, -0.15) is 10.4 Å². The van der Waals surface area contributed by atoms with Gasteiger partial charge in [0, 0.05) is 68.0 Å². The zero-order valence-corrected chi connectivity index (χ0v) is 70.0. The summed E-state index contributed by atoms with van der Waals surface area (Å²) in [6, 6.07) is 48.4. The van der Waals surface area contributed by atoms with E-state index in [1.54, 1.807) is 91.5 Å². The van der Waals surface area contributed by atoms with Crippen LogP contribution in [0.5, 0.6) is 0 Å². The van der Waals surface area contributed by atoms with Gasteiger partial charge in [0.15, 0.2) is 21.6 Å². The number of carbonyl (C=O) groups excluding carboxylic acids is 3. The first kappa shape index (κ1) is 89.9. The average molecular weight is 1860 g/mol. The summed E-state index contributed by atoms with van der Waals surface area (Å²) >= 11 is 94.2. The molecule has 0 aliphatic rings. The molecule has 7 aromatic heterocycles. The van der Waals surface area contributed by atoms with Gasteiger partial charge in [0.05, 0.1) is 86.2 Å². The first-order chi connectivity index (χ1) is 54.4. The van der Waals surface area contributed by atoms with Crippen LogP contribution in [-0.2, 0) is 22.3 Å². The number of H-pyrrole nitrogens is 1. The topological polar surface area (TPSA) is 344 Å². The van der Waals surface area contributed by atoms with Crippen molar-refractivity contribution in [1.82, 2.24) is 86.4 Å². The number of amides is 3. The largest absolute Gasteiger partial charge is 0.420 e. The summed E-state index contributed by atoms with van der Waals surface area (Å²) in [7, 11) is 0. The van der Waals surface area contributed by atoms with E-state index in [0.717, 1.165) is 22.5 Å². The van der Waals surface area contributed by atoms with Crippen LogP contribution in [0, 0.1) is 16.1 Å². The number of nitrogen functional groups attached to an aromatic ring is 1. The van der Waals surface area contributed by atoms with E-state index in [-0.39, 0.29) is 33.2 Å². The summed E-state index contributed by atoms with van der Waals surface area (Å²) in [5.74, 6) is 7.41. The second-order valence-electron chi connectivity index (χ2n) is 21.2. The smallest absolute Gasteiger partial charge is 0.271 e. The Morgan fingerprint density at radius 1 is 0.478 bits per heavy atom. The molecule has 6 N–H and O–H groups in total. The molecule has 0 spiro atoms. The van der Waals surface area contributed by atoms with Crippen molar-refractivity contribution >= 4 is 216 Å². The van der Waals surface area contributed by atoms with Gasteiger partial charge in [-0.15, -0.1) is 75.6 Å². The Labute approximate surface area is 726 Å². The number of nitrogens with one attached hydrogen (secondary N) is 4. The van der Waals surface area contributed by atoms with E-state index in [4.69, 9.17) is 211 Å². The van der Waals surface area contributed by atoms with Gasteiger partial charge >= 0.3 is 0 Å². The van der Waals surface area contributed by atoms with E-state index >= 15 is 0 Å². The van der Waals surface area contributed by atoms with Crippen LogP contribution in [-0.4, -0.2) is 93.7 Å². The molecular weight excluding hydrogens is 1810 g/mol. The van der Waals surface area contributed by atoms with E-state index in [1.165, 1.54) is 49.0 Å². The fourth-order valence-electron chi connectivity index (χ4n) is 8.77. The van der Waals surface area contributed by atoms with Crippen molar-refractivity contribution in [1.29, 1.82) is 5.26 Å². The number of alkyl halides is 3. The molecule has 7 aromatic carbocycles. The van der Waals surface area contributed by atoms with Gasteiger partial charge in [0.25, 0.3) is 17.7 Å². The lowest BCUT2D eigenvalue weighted by Crippen LogP contribution is -2.42. The number of rotatable bonds is 15. The maximum atomic E-state index is 11.5. The minimum atomic E-state index is -0.542. The normalized spacial score (nSPS) is 10.3. The zero-order chi connectivity index (χ0) is 81.7. The molecule has 3 amide bonds. The number of benzene rings is 7. The van der Waals surface area contributed by atoms with Crippen LogP contribution < -0.4 is 22.1 Å². The Morgan fingerprint density at radius 3 is 1.27 bits per heavy atom. The van der Waals surface area contributed by atoms with Crippen LogP contribution in [0.3, 0.4) is 0 Å². The molecule has 0 atom stereocenters. The lowest BCUT2D eigenvalue weighted by Gasteiger charge is -2.11. The Morgan fingerprint density at radius 2 is 0.867 bits per heavy atom. The molecular formula is C71H48Cl15N19O6S2. The van der Waals surface area contributed by atoms with Gasteiger partial charge in [-0.1, -0.05) is 175 Å². The van der Waals surface area contributed by atoms with Crippen molar-refractivity contribution in [2.75, 3.05) is 5.88 Å². The number of nitriles is 1. The van der Waals surface area contributed by atoms with Gasteiger partial charge < -0.3 is 13.3 Å². The molecule has 0 unspecified atom stereocenters. The lowest BCUT2D eigenvalue weighted by atomic mass is 10.2. The molecule has 7 heterocycles. The summed E-state index contributed by atoms with van der Waals surface area (Å²) in [6.45, 7) is 1.43. The Balaban J connectivity index is 0.000000175. The fourth-order valence-corrected chi connectivity index (χ4v) is 13.0. The van der Waals surface area contributed by atoms with Crippen molar-refractivity contribution in [2.24, 2.45) is 5.84 Å². The van der Waals surface area contributed by atoms with Crippen molar-refractivity contribution in [2.45, 2.75) is 29.6 Å². The molecule has 25 nitrogen and oxygen atoms in total. The number of thioether (sulfide) groups is 1. The van der Waals surface area contributed by atoms with Gasteiger partial charge in [-0.25, -0.2) is 5.84 Å². The monoisotopic (exact) mass is 1850 g/mol. The van der Waals surface area contributed by atoms with E-state index in [9.17, 15) is 14.4 Å². The Kier molecular flexibility index (Phi) is 36.1. The number of halogens is 15. The molecule has 113 heavy (non-hydrogen) atoms. The van der Waals surface area contributed by atoms with Gasteiger partial charge in [0.1, 0.15) is 17.6 Å². The van der Waals surface area contributed by atoms with E-state index in [2.05, 4.69) is 71.8 Å². The van der Waals surface area contributed by atoms with Gasteiger partial charge in [-0.3, -0.25) is 54.9 Å². The van der Waals surface area contributed by atoms with Crippen LogP contribution in [0.25, 0.3) is 68.5 Å². The number of aromatic nitrogens is 14. The van der Waals surface area contributed by atoms with E-state index in [1.807, 2.05) is 87.4 Å². The highest BCUT2D eigenvalue weighted by Crippen LogP contribution is 2.36. The summed E-state index contributed by atoms with van der Waals surface area (Å²) in [5, 5.41) is 52.7. The first-order valence-electron chi connectivity index (χ1n) is 31.3. The second kappa shape index (κ2) is 45.4. The van der Waals surface area contributed by atoms with Crippen LogP contribution >= 0.6 is 198 Å². The molecule has 0 aliphatic heterocycles. The third-order valence-corrected chi connectivity index (χ3v) is 19.0. The third kappa shape index (κ3) is 26.2. The van der Waals surface area contributed by atoms with Crippen LogP contribution in [0.2, 0.25) is 60.3 Å². The second-order valence-corrected chi connectivity index (χ2v) is 28.4. The van der Waals surface area contributed by atoms with Crippen LogP contribution in [0.15, 0.2) is 207 Å². The molecule has 0 aliphatic carbocycles. The van der Waals surface area contributed by atoms with E-state index in [0.29, 0.717) is 135 Å². The Hall–Kier alpha value is -8.68. The van der Waals surface area contributed by atoms with Crippen LogP contribution in [0.1, 0.15) is 45.3 Å². The summed E-state index contributed by atoms with van der Waals surface area (Å²) in [5.41, 5.74) is 12.0. The molecule has 0 radical (unpaired) electrons. The maximum absolute atomic E-state index is 11.5. The SMILES string of the molecule is CC#N.ClCc1nnc(-c2ccc(Cl)cc2Cl)o1.ClCc1nnc(-c2ccc(Cl)cc2Cl)o1.Clc1ccc(-c2nnc(CSc3nnc(-c4ccncc4)n3-c3ccccc3Cl)o2)c(Cl)c1.NNC(=O)c1ccc(Cl)cc1Cl.O=C(CCl)NNC(=O)c1ccc(Cl)cc1Cl.S=c1[nH]nc(-c2ccncc2)n1-c1ccccc1Cl. The fraction of sp³-hybridized carbons (Fsp3) is 0.0704. The molecule has 0 fully saturated rings. The summed E-state index contributed by atoms with van der Waals surface area (Å²) < 4.78 is 20.5. The summed E-state index contributed by atoms with van der Waals surface area (Å²) in [4.78, 5) is 41.3. The van der Waals surface area contributed by atoms with Gasteiger partial charge in [-0.05, 0) is 152 Å². The number of nitrogens with zero attached hydrogens (tertiary/aromatic N) is 14. The molecule has 0 saturated heterocycles. The highest BCUT2D eigenvalue weighted by Gasteiger charge is 2.22. The number of hydrogen-bond acceptors (Lipinski definition) is 21. The minimum Gasteiger partial charge on any atom is -0.420 e. The molecule has 0 saturated carbocycles. The molecule has 580 valence electrons. The average Bonchev–Trinajstić information content (AvgIpc) is 1.65. The minimum absolute atomic E-state index is 0.179. The third-order valence-electron chi connectivity index (χ3n) is 13.7. The molecule has 42 heteroatoms. The number of hydrazine groups is 2. The molecule has 14 rings (SSSR count). The van der Waals surface area contributed by atoms with Crippen molar-refractivity contribution in [3.8, 4) is 74.6 Å². The number of pyridine rings is 2. The number of hydrogen-bond donors (Lipinski definition) is 5. The highest BCUT2D eigenvalue weighted by atomic mass is 35.5. The van der Waals surface area contributed by atoms with Crippen molar-refractivity contribution in [3.05, 3.63) is 282 Å². The lowest BCUT2D eigenvalue weighted by molar-refractivity contribution is -0.119. The quantitative estimate of drug-likeness (QED) is 0.0159. The van der Waals surface area contributed by atoms with Gasteiger partial charge in [0.2, 0.25) is 35.3 Å². The predicted octanol–water partition coefficient (Wildman–Crippen LogP) is 22.0. The zero-order valence-electron chi connectivity index (χ0n) is 57.0. The Bertz CT molecular complexity index is 5570.